The molecule has 1 fully saturated rings. The van der Waals surface area contributed by atoms with Crippen LogP contribution < -0.4 is 11.2 Å². The van der Waals surface area contributed by atoms with E-state index in [1.807, 2.05) is 4.98 Å². The second kappa shape index (κ2) is 7.43. The molecule has 2 rings (SSSR count). The van der Waals surface area contributed by atoms with Crippen molar-refractivity contribution in [2.45, 2.75) is 18.4 Å². The van der Waals surface area contributed by atoms with Crippen molar-refractivity contribution in [1.29, 1.82) is 0 Å². The van der Waals surface area contributed by atoms with Gasteiger partial charge in [0.1, 0.15) is 6.10 Å². The van der Waals surface area contributed by atoms with Gasteiger partial charge in [0.05, 0.1) is 19.0 Å². The lowest BCUT2D eigenvalue weighted by molar-refractivity contribution is -0.0531. The zero-order valence-corrected chi connectivity index (χ0v) is 13.4. The number of ether oxygens (including phenoxy) is 1. The van der Waals surface area contributed by atoms with Gasteiger partial charge in [-0.3, -0.25) is 23.4 Å². The molecule has 4 N–H and O–H groups in total. The van der Waals surface area contributed by atoms with Crippen molar-refractivity contribution >= 4 is 7.82 Å². The average Bonchev–Trinajstić information content (AvgIpc) is 2.83. The fourth-order valence-electron chi connectivity index (χ4n) is 2.33. The average molecular weight is 364 g/mol. The molecule has 1 aromatic heterocycles. The molecule has 1 aliphatic rings. The normalized spacial score (nSPS) is 29.8. The quantitative estimate of drug-likeness (QED) is 0.376. The molecular formula is C12H17N2O9P. The summed E-state index contributed by atoms with van der Waals surface area (Å²) in [5.74, 6) is -0.837. The first kappa shape index (κ1) is 18.6. The second-order valence-corrected chi connectivity index (χ2v) is 6.50. The smallest absolute Gasteiger partial charge is 0.472 e. The van der Waals surface area contributed by atoms with Crippen LogP contribution in [0.4, 0.5) is 0 Å². The van der Waals surface area contributed by atoms with Crippen LogP contribution in [-0.4, -0.2) is 50.6 Å². The number of rotatable bonds is 6. The van der Waals surface area contributed by atoms with E-state index in [0.29, 0.717) is 6.26 Å². The molecule has 11 nitrogen and oxygen atoms in total. The topological polar surface area (TPSA) is 160 Å². The Morgan fingerprint density at radius 1 is 1.50 bits per heavy atom. The Kier molecular flexibility index (Phi) is 5.75. The standard InChI is InChI=1S/C12H17N2O9P/c1-21-24(19,20)22-6-8-7(3-5-15)10(17)11(23-8)14-4-2-9(16)13-12(14)18/h2-5,7-8,10-11,15,17H,6H2,1H3,(H,19,20)(H,13,16,18)/b5-3+/t7-,8-,10-,11-/m1/s1. The van der Waals surface area contributed by atoms with Crippen LogP contribution in [0, 0.1) is 5.92 Å². The highest BCUT2D eigenvalue weighted by Gasteiger charge is 2.44. The first-order chi connectivity index (χ1) is 11.3. The van der Waals surface area contributed by atoms with Crippen molar-refractivity contribution in [2.24, 2.45) is 5.92 Å². The summed E-state index contributed by atoms with van der Waals surface area (Å²) in [5.41, 5.74) is -1.42. The lowest BCUT2D eigenvalue weighted by Gasteiger charge is -2.17. The van der Waals surface area contributed by atoms with Crippen molar-refractivity contribution in [3.63, 3.8) is 0 Å². The van der Waals surface area contributed by atoms with Gasteiger partial charge in [0.2, 0.25) is 0 Å². The molecule has 0 amide bonds. The zero-order valence-electron chi connectivity index (χ0n) is 12.5. The van der Waals surface area contributed by atoms with Gasteiger partial charge in [-0.2, -0.15) is 0 Å². The minimum atomic E-state index is -4.26. The Bertz CT molecular complexity index is 757. The van der Waals surface area contributed by atoms with E-state index >= 15 is 0 Å². The maximum atomic E-state index is 11.8. The van der Waals surface area contributed by atoms with E-state index in [0.717, 1.165) is 23.9 Å². The SMILES string of the molecule is COP(=O)(O)OC[C@H]1O[C@@H](n2ccc(=O)[nH]c2=O)[C@H](O)[C@@H]1/C=C/O. The molecule has 0 aliphatic carbocycles. The Labute approximate surface area is 135 Å². The molecule has 134 valence electrons. The van der Waals surface area contributed by atoms with Crippen LogP contribution in [0.25, 0.3) is 0 Å². The van der Waals surface area contributed by atoms with E-state index in [-0.39, 0.29) is 0 Å². The molecule has 12 heteroatoms. The first-order valence-corrected chi connectivity index (χ1v) is 8.27. The number of aromatic nitrogens is 2. The molecule has 24 heavy (non-hydrogen) atoms. The number of aliphatic hydroxyl groups excluding tert-OH is 2. The molecule has 0 bridgehead atoms. The third-order valence-electron chi connectivity index (χ3n) is 3.50. The Balaban J connectivity index is 2.25. The van der Waals surface area contributed by atoms with Gasteiger partial charge >= 0.3 is 13.5 Å². The lowest BCUT2D eigenvalue weighted by atomic mass is 9.98. The summed E-state index contributed by atoms with van der Waals surface area (Å²) in [5, 5.41) is 19.3. The first-order valence-electron chi connectivity index (χ1n) is 6.78. The second-order valence-electron chi connectivity index (χ2n) is 4.94. The summed E-state index contributed by atoms with van der Waals surface area (Å²) in [6.07, 6.45) is -0.412. The van der Waals surface area contributed by atoms with Gasteiger partial charge in [-0.15, -0.1) is 0 Å². The molecule has 1 aromatic rings. The maximum absolute atomic E-state index is 11.8. The van der Waals surface area contributed by atoms with E-state index in [9.17, 15) is 24.2 Å². The van der Waals surface area contributed by atoms with Gasteiger partial charge in [-0.1, -0.05) is 0 Å². The number of aromatic amines is 1. The molecule has 0 radical (unpaired) electrons. The van der Waals surface area contributed by atoms with Gasteiger partial charge in [0.25, 0.3) is 5.56 Å². The zero-order chi connectivity index (χ0) is 17.9. The van der Waals surface area contributed by atoms with E-state index in [2.05, 4.69) is 4.52 Å². The van der Waals surface area contributed by atoms with Crippen LogP contribution in [0.3, 0.4) is 0 Å². The van der Waals surface area contributed by atoms with Crippen LogP contribution in [0.1, 0.15) is 6.23 Å². The number of nitrogens with zero attached hydrogens (tertiary/aromatic N) is 1. The van der Waals surface area contributed by atoms with Crippen molar-refractivity contribution in [1.82, 2.24) is 9.55 Å². The predicted molar refractivity (Wildman–Crippen MR) is 79.3 cm³/mol. The van der Waals surface area contributed by atoms with E-state index in [1.54, 1.807) is 0 Å². The third-order valence-corrected chi connectivity index (χ3v) is 4.43. The Hall–Kier alpha value is -1.75. The summed E-state index contributed by atoms with van der Waals surface area (Å²) in [6.45, 7) is -0.442. The van der Waals surface area contributed by atoms with Crippen molar-refractivity contribution in [2.75, 3.05) is 13.7 Å². The number of nitrogens with one attached hydrogen (secondary N) is 1. The number of aliphatic hydroxyl groups is 2. The highest BCUT2D eigenvalue weighted by atomic mass is 31.2. The minimum absolute atomic E-state index is 0.442. The Morgan fingerprint density at radius 2 is 2.21 bits per heavy atom. The fourth-order valence-corrected chi connectivity index (χ4v) is 2.77. The third kappa shape index (κ3) is 4.01. The van der Waals surface area contributed by atoms with E-state index in [1.165, 1.54) is 6.08 Å². The predicted octanol–water partition coefficient (Wildman–Crippen LogP) is -0.754. The van der Waals surface area contributed by atoms with Gasteiger partial charge < -0.3 is 19.8 Å². The molecule has 1 saturated heterocycles. The maximum Gasteiger partial charge on any atom is 0.472 e. The van der Waals surface area contributed by atoms with Crippen LogP contribution in [-0.2, 0) is 18.3 Å². The van der Waals surface area contributed by atoms with Gasteiger partial charge in [0, 0.05) is 25.3 Å². The molecule has 0 aromatic carbocycles. The minimum Gasteiger partial charge on any atom is -0.516 e. The van der Waals surface area contributed by atoms with Crippen molar-refractivity contribution in [3.05, 3.63) is 45.4 Å². The van der Waals surface area contributed by atoms with Crippen LogP contribution >= 0.6 is 7.82 Å². The molecule has 1 aliphatic heterocycles. The van der Waals surface area contributed by atoms with E-state index < -0.39 is 50.0 Å². The monoisotopic (exact) mass is 364 g/mol. The summed E-state index contributed by atoms with van der Waals surface area (Å²) in [6, 6.07) is 1.07. The number of phosphoric ester groups is 1. The number of hydrogen-bond donors (Lipinski definition) is 4. The Morgan fingerprint density at radius 3 is 2.79 bits per heavy atom. The van der Waals surface area contributed by atoms with Crippen LogP contribution in [0.15, 0.2) is 34.2 Å². The van der Waals surface area contributed by atoms with Crippen molar-refractivity contribution < 1.29 is 33.5 Å². The van der Waals surface area contributed by atoms with Crippen LogP contribution in [0.2, 0.25) is 0 Å². The van der Waals surface area contributed by atoms with Crippen LogP contribution in [0.5, 0.6) is 0 Å². The molecular weight excluding hydrogens is 347 g/mol. The highest BCUT2D eigenvalue weighted by Crippen LogP contribution is 2.44. The fraction of sp³-hybridized carbons (Fsp3) is 0.500. The number of H-pyrrole nitrogens is 1. The summed E-state index contributed by atoms with van der Waals surface area (Å²) in [7, 11) is -3.28. The summed E-state index contributed by atoms with van der Waals surface area (Å²) >= 11 is 0. The lowest BCUT2D eigenvalue weighted by Crippen LogP contribution is -2.35. The van der Waals surface area contributed by atoms with Gasteiger partial charge in [-0.05, 0) is 6.08 Å². The highest BCUT2D eigenvalue weighted by molar-refractivity contribution is 7.47. The molecule has 5 atom stereocenters. The molecule has 0 spiro atoms. The van der Waals surface area contributed by atoms with E-state index in [4.69, 9.17) is 14.4 Å². The van der Waals surface area contributed by atoms with Crippen molar-refractivity contribution in [3.8, 4) is 0 Å². The molecule has 2 heterocycles. The largest absolute Gasteiger partial charge is 0.516 e. The summed E-state index contributed by atoms with van der Waals surface area (Å²) in [4.78, 5) is 34.2. The number of hydrogen-bond acceptors (Lipinski definition) is 8. The van der Waals surface area contributed by atoms with Gasteiger partial charge in [-0.25, -0.2) is 9.36 Å². The molecule has 0 saturated carbocycles. The number of phosphoric acid groups is 1. The summed E-state index contributed by atoms with van der Waals surface area (Å²) < 4.78 is 26.8. The molecule has 1 unspecified atom stereocenters. The van der Waals surface area contributed by atoms with Gasteiger partial charge in [0.15, 0.2) is 6.23 Å².